The van der Waals surface area contributed by atoms with Crippen molar-refractivity contribution < 1.29 is 28.7 Å². The van der Waals surface area contributed by atoms with E-state index in [0.717, 1.165) is 11.3 Å². The lowest BCUT2D eigenvalue weighted by Gasteiger charge is -2.31. The third-order valence-electron chi connectivity index (χ3n) is 7.25. The maximum Gasteiger partial charge on any atom is 0.338 e. The van der Waals surface area contributed by atoms with Crippen LogP contribution >= 0.6 is 50.6 Å². The molecule has 2 N–H and O–H groups in total. The molecule has 1 fully saturated rings. The predicted octanol–water partition coefficient (Wildman–Crippen LogP) is 5.84. The Morgan fingerprint density at radius 1 is 1.02 bits per heavy atom. The van der Waals surface area contributed by atoms with Gasteiger partial charge in [-0.15, -0.1) is 0 Å². The van der Waals surface area contributed by atoms with Gasteiger partial charge in [0.25, 0.3) is 5.91 Å². The molecule has 4 aromatic rings. The summed E-state index contributed by atoms with van der Waals surface area (Å²) in [4.78, 5) is 69.3. The second kappa shape index (κ2) is 12.8. The van der Waals surface area contributed by atoms with Gasteiger partial charge in [0, 0.05) is 31.5 Å². The number of thioether (sulfide) groups is 1. The Balaban J connectivity index is 1.28. The number of fused-ring (bicyclic) bond motifs is 2. The number of hydrogen-bond donors (Lipinski definition) is 2. The van der Waals surface area contributed by atoms with Gasteiger partial charge in [-0.25, -0.2) is 9.69 Å². The Hall–Kier alpha value is -3.91. The topological polar surface area (TPSA) is 135 Å². The highest BCUT2D eigenvalue weighted by atomic mass is 79.9. The molecule has 1 aromatic heterocycles. The van der Waals surface area contributed by atoms with Gasteiger partial charge in [-0.05, 0) is 73.7 Å². The monoisotopic (exact) mass is 727 g/mol. The SMILES string of the molecule is CCOC(=O)c1ccc(NC(=O)COc2ccc(Br)cc2[C@@H]2c3sc(=O)[nH]c3S[C@H]3C(=O)N(c4ccc(Cl)cc4)C(=O)[C@@H]23)cc1. The van der Waals surface area contributed by atoms with Crippen LogP contribution in [-0.4, -0.2) is 47.1 Å². The number of benzene rings is 3. The highest BCUT2D eigenvalue weighted by Crippen LogP contribution is 2.54. The van der Waals surface area contributed by atoms with Gasteiger partial charge in [0.05, 0.1) is 28.8 Å². The number of anilines is 2. The van der Waals surface area contributed by atoms with E-state index in [-0.39, 0.29) is 18.1 Å². The minimum atomic E-state index is -0.847. The first-order valence-electron chi connectivity index (χ1n) is 13.7. The van der Waals surface area contributed by atoms with Crippen LogP contribution in [0.5, 0.6) is 5.75 Å². The molecule has 3 amide bonds. The zero-order valence-corrected chi connectivity index (χ0v) is 27.3. The fourth-order valence-corrected chi connectivity index (χ4v) is 8.35. The minimum Gasteiger partial charge on any atom is -0.483 e. The normalized spacial score (nSPS) is 18.7. The van der Waals surface area contributed by atoms with Gasteiger partial charge in [0.15, 0.2) is 6.61 Å². The molecule has 2 aliphatic rings. The van der Waals surface area contributed by atoms with Crippen molar-refractivity contribution in [1.29, 1.82) is 0 Å². The number of carbonyl (C=O) groups is 4. The lowest BCUT2D eigenvalue weighted by molar-refractivity contribution is -0.122. The van der Waals surface area contributed by atoms with Crippen molar-refractivity contribution in [3.8, 4) is 5.75 Å². The van der Waals surface area contributed by atoms with E-state index in [9.17, 15) is 24.0 Å². The molecule has 3 heterocycles. The largest absolute Gasteiger partial charge is 0.483 e. The number of amides is 3. The van der Waals surface area contributed by atoms with E-state index in [0.29, 0.717) is 47.6 Å². The zero-order valence-electron chi connectivity index (χ0n) is 23.4. The van der Waals surface area contributed by atoms with Gasteiger partial charge < -0.3 is 19.8 Å². The average Bonchev–Trinajstić information content (AvgIpc) is 3.51. The number of rotatable bonds is 8. The number of nitrogens with zero attached hydrogens (tertiary/aromatic N) is 1. The fraction of sp³-hybridized carbons (Fsp3) is 0.194. The minimum absolute atomic E-state index is 0.253. The molecule has 14 heteroatoms. The zero-order chi connectivity index (χ0) is 31.8. The second-order valence-corrected chi connectivity index (χ2v) is 13.6. The molecule has 45 heavy (non-hydrogen) atoms. The van der Waals surface area contributed by atoms with Crippen molar-refractivity contribution in [3.63, 3.8) is 0 Å². The van der Waals surface area contributed by atoms with Crippen LogP contribution in [0.3, 0.4) is 0 Å². The number of carbonyl (C=O) groups excluding carboxylic acids is 4. The average molecular weight is 729 g/mol. The van der Waals surface area contributed by atoms with Crippen molar-refractivity contribution in [2.75, 3.05) is 23.4 Å². The standard InChI is InChI=1S/C31H23BrClN3O7S2/c1-2-42-30(40)15-3-8-18(9-4-15)34-22(37)14-43-21-12-5-16(32)13-20(21)23-24-26(44-27-25(23)45-31(41)35-27)29(39)36(28(24)38)19-10-6-17(33)7-11-19/h3-13,23-24,26H,2,14H2,1H3,(H,34,37)(H,35,41)/t23-,24-,26+/m0/s1. The fourth-order valence-electron chi connectivity index (χ4n) is 5.34. The third-order valence-corrected chi connectivity index (χ3v) is 10.4. The number of aromatic nitrogens is 1. The van der Waals surface area contributed by atoms with E-state index in [1.165, 1.54) is 16.7 Å². The maximum absolute atomic E-state index is 14.0. The number of imide groups is 1. The summed E-state index contributed by atoms with van der Waals surface area (Å²) >= 11 is 11.7. The van der Waals surface area contributed by atoms with Gasteiger partial charge >= 0.3 is 10.8 Å². The van der Waals surface area contributed by atoms with E-state index in [1.807, 2.05) is 0 Å². The molecule has 230 valence electrons. The summed E-state index contributed by atoms with van der Waals surface area (Å²) in [5, 5.41) is 2.91. The Morgan fingerprint density at radius 2 is 1.76 bits per heavy atom. The molecule has 0 saturated carbocycles. The highest BCUT2D eigenvalue weighted by molar-refractivity contribution is 9.10. The number of thiazole rings is 1. The van der Waals surface area contributed by atoms with Gasteiger partial charge in [-0.2, -0.15) is 0 Å². The van der Waals surface area contributed by atoms with Crippen molar-refractivity contribution >= 4 is 85.7 Å². The molecule has 0 bridgehead atoms. The molecule has 3 atom stereocenters. The Bertz CT molecular complexity index is 1880. The number of halogens is 2. The summed E-state index contributed by atoms with van der Waals surface area (Å²) in [7, 11) is 0. The van der Waals surface area contributed by atoms with Crippen LogP contribution in [0.15, 0.2) is 81.0 Å². The first-order chi connectivity index (χ1) is 21.6. The molecular weight excluding hydrogens is 706 g/mol. The first-order valence-corrected chi connectivity index (χ1v) is 16.5. The number of H-pyrrole nitrogens is 1. The third kappa shape index (κ3) is 6.17. The number of aromatic amines is 1. The highest BCUT2D eigenvalue weighted by Gasteiger charge is 2.56. The van der Waals surface area contributed by atoms with Gasteiger partial charge in [-0.3, -0.25) is 19.2 Å². The molecule has 0 spiro atoms. The predicted molar refractivity (Wildman–Crippen MR) is 175 cm³/mol. The maximum atomic E-state index is 14.0. The second-order valence-electron chi connectivity index (χ2n) is 10.1. The number of esters is 1. The molecule has 6 rings (SSSR count). The van der Waals surface area contributed by atoms with E-state index in [2.05, 4.69) is 26.2 Å². The molecule has 0 unspecified atom stereocenters. The van der Waals surface area contributed by atoms with Crippen molar-refractivity contribution in [3.05, 3.63) is 102 Å². The summed E-state index contributed by atoms with van der Waals surface area (Å²) in [5.41, 5.74) is 1.76. The van der Waals surface area contributed by atoms with Gasteiger partial charge in [0.2, 0.25) is 11.8 Å². The Kier molecular flexibility index (Phi) is 8.87. The van der Waals surface area contributed by atoms with Crippen LogP contribution < -0.4 is 19.8 Å². The number of ether oxygens (including phenoxy) is 2. The van der Waals surface area contributed by atoms with Crippen LogP contribution in [-0.2, 0) is 19.1 Å². The molecular formula is C31H23BrClN3O7S2. The first kappa shape index (κ1) is 31.1. The number of hydrogen-bond acceptors (Lipinski definition) is 9. The number of nitrogens with one attached hydrogen (secondary N) is 2. The molecule has 0 aliphatic carbocycles. The van der Waals surface area contributed by atoms with E-state index in [1.54, 1.807) is 73.7 Å². The quantitative estimate of drug-likeness (QED) is 0.171. The summed E-state index contributed by atoms with van der Waals surface area (Å²) in [6, 6.07) is 17.9. The summed E-state index contributed by atoms with van der Waals surface area (Å²) < 4.78 is 11.7. The Labute approximate surface area is 278 Å². The van der Waals surface area contributed by atoms with Gasteiger partial charge in [-0.1, -0.05) is 50.6 Å². The van der Waals surface area contributed by atoms with Crippen LogP contribution in [0.1, 0.15) is 33.6 Å². The van der Waals surface area contributed by atoms with Crippen molar-refractivity contribution in [1.82, 2.24) is 4.98 Å². The summed E-state index contributed by atoms with van der Waals surface area (Å²) in [6.07, 6.45) is 0. The van der Waals surface area contributed by atoms with E-state index in [4.69, 9.17) is 21.1 Å². The van der Waals surface area contributed by atoms with Crippen LogP contribution in [0.2, 0.25) is 5.02 Å². The molecule has 0 radical (unpaired) electrons. The molecule has 2 aliphatic heterocycles. The summed E-state index contributed by atoms with van der Waals surface area (Å²) in [6.45, 7) is 1.60. The molecule has 1 saturated heterocycles. The van der Waals surface area contributed by atoms with Crippen LogP contribution in [0.25, 0.3) is 0 Å². The lowest BCUT2D eigenvalue weighted by atomic mass is 9.82. The lowest BCUT2D eigenvalue weighted by Crippen LogP contribution is -2.32. The van der Waals surface area contributed by atoms with E-state index >= 15 is 0 Å². The summed E-state index contributed by atoms with van der Waals surface area (Å²) in [5.74, 6) is -2.97. The Morgan fingerprint density at radius 3 is 2.47 bits per heavy atom. The van der Waals surface area contributed by atoms with Gasteiger partial charge in [0.1, 0.15) is 11.0 Å². The van der Waals surface area contributed by atoms with Crippen molar-refractivity contribution in [2.24, 2.45) is 5.92 Å². The van der Waals surface area contributed by atoms with Crippen LogP contribution in [0, 0.1) is 5.92 Å². The van der Waals surface area contributed by atoms with Crippen molar-refractivity contribution in [2.45, 2.75) is 23.1 Å². The van der Waals surface area contributed by atoms with E-state index < -0.39 is 40.8 Å². The molecule has 3 aromatic carbocycles. The molecule has 10 nitrogen and oxygen atoms in total. The van der Waals surface area contributed by atoms with Crippen LogP contribution in [0.4, 0.5) is 11.4 Å². The smallest absolute Gasteiger partial charge is 0.338 e.